The van der Waals surface area contributed by atoms with Gasteiger partial charge in [-0.2, -0.15) is 0 Å². The first kappa shape index (κ1) is 11.2. The average molecular weight is 222 g/mol. The molecule has 1 fully saturated rings. The molecule has 4 heteroatoms. The van der Waals surface area contributed by atoms with Crippen LogP contribution in [0.2, 0.25) is 0 Å². The van der Waals surface area contributed by atoms with E-state index in [0.717, 1.165) is 31.4 Å². The van der Waals surface area contributed by atoms with E-state index in [2.05, 4.69) is 16.9 Å². The second kappa shape index (κ2) is 4.28. The van der Waals surface area contributed by atoms with E-state index in [-0.39, 0.29) is 0 Å². The molecule has 0 N–H and O–H groups in total. The van der Waals surface area contributed by atoms with Crippen molar-refractivity contribution in [1.29, 1.82) is 0 Å². The molecule has 0 radical (unpaired) electrons. The van der Waals surface area contributed by atoms with Crippen LogP contribution in [0.3, 0.4) is 0 Å². The Morgan fingerprint density at radius 2 is 2.62 bits per heavy atom. The van der Waals surface area contributed by atoms with Crippen LogP contribution in [0, 0.1) is 5.92 Å². The van der Waals surface area contributed by atoms with Gasteiger partial charge in [0.25, 0.3) is 0 Å². The molecule has 88 valence electrons. The molecule has 1 aliphatic heterocycles. The second-order valence-electron chi connectivity index (χ2n) is 4.37. The summed E-state index contributed by atoms with van der Waals surface area (Å²) < 4.78 is 0. The predicted molar refractivity (Wildman–Crippen MR) is 63.3 cm³/mol. The zero-order valence-corrected chi connectivity index (χ0v) is 9.90. The van der Waals surface area contributed by atoms with Gasteiger partial charge in [-0.05, 0) is 32.6 Å². The van der Waals surface area contributed by atoms with Crippen molar-refractivity contribution in [2.24, 2.45) is 16.2 Å². The highest BCUT2D eigenvalue weighted by Crippen LogP contribution is 2.48. The molecule has 2 unspecified atom stereocenters. The van der Waals surface area contributed by atoms with E-state index < -0.39 is 5.60 Å². The molecule has 16 heavy (non-hydrogen) atoms. The Morgan fingerprint density at radius 1 is 1.81 bits per heavy atom. The van der Waals surface area contributed by atoms with Gasteiger partial charge in [0.1, 0.15) is 0 Å². The molecular formula is C12H18N2O2. The molecule has 2 rings (SSSR count). The maximum absolute atomic E-state index is 5.56. The number of nitrogens with zero attached hydrogens (tertiary/aromatic N) is 2. The molecule has 0 aromatic heterocycles. The highest BCUT2D eigenvalue weighted by atomic mass is 16.7. The van der Waals surface area contributed by atoms with Crippen LogP contribution in [0.5, 0.6) is 0 Å². The third-order valence-electron chi connectivity index (χ3n) is 3.35. The standard InChI is InChI=1S/C12H18N2O2/c1-4-8-13-15-10(3)12-7-5-6-11(12)9(2)14-16-12/h8,11H,3-7H2,1-2H3/b13-8+. The lowest BCUT2D eigenvalue weighted by atomic mass is 9.87. The first-order valence-corrected chi connectivity index (χ1v) is 5.81. The van der Waals surface area contributed by atoms with Gasteiger partial charge in [0.15, 0.2) is 5.76 Å². The van der Waals surface area contributed by atoms with Gasteiger partial charge in [-0.15, -0.1) is 0 Å². The first-order chi connectivity index (χ1) is 7.70. The molecular weight excluding hydrogens is 204 g/mol. The van der Waals surface area contributed by atoms with Gasteiger partial charge in [0.05, 0.1) is 11.6 Å². The van der Waals surface area contributed by atoms with Gasteiger partial charge in [-0.25, -0.2) is 0 Å². The number of hydrogen-bond donors (Lipinski definition) is 0. The molecule has 0 amide bonds. The lowest BCUT2D eigenvalue weighted by molar-refractivity contribution is -0.0438. The lowest BCUT2D eigenvalue weighted by Gasteiger charge is -2.26. The zero-order chi connectivity index (χ0) is 11.6. The van der Waals surface area contributed by atoms with Gasteiger partial charge in [-0.1, -0.05) is 23.8 Å². The van der Waals surface area contributed by atoms with Gasteiger partial charge >= 0.3 is 0 Å². The Hall–Kier alpha value is -1.32. The van der Waals surface area contributed by atoms with Crippen molar-refractivity contribution in [3.05, 3.63) is 12.3 Å². The summed E-state index contributed by atoms with van der Waals surface area (Å²) >= 11 is 0. The Balaban J connectivity index is 2.08. The SMILES string of the molecule is C=C(O/N=C/CC)C12CCCC1C(C)=NO2. The Kier molecular flexibility index (Phi) is 2.99. The van der Waals surface area contributed by atoms with E-state index >= 15 is 0 Å². The molecule has 1 heterocycles. The van der Waals surface area contributed by atoms with Gasteiger partial charge in [0.2, 0.25) is 5.60 Å². The monoisotopic (exact) mass is 222 g/mol. The average Bonchev–Trinajstić information content (AvgIpc) is 2.81. The third-order valence-corrected chi connectivity index (χ3v) is 3.35. The van der Waals surface area contributed by atoms with Crippen molar-refractivity contribution in [3.8, 4) is 0 Å². The van der Waals surface area contributed by atoms with Crippen molar-refractivity contribution in [3.63, 3.8) is 0 Å². The molecule has 2 aliphatic rings. The van der Waals surface area contributed by atoms with E-state index in [1.807, 2.05) is 13.8 Å². The lowest BCUT2D eigenvalue weighted by Crippen LogP contribution is -2.36. The summed E-state index contributed by atoms with van der Waals surface area (Å²) in [5.41, 5.74) is 0.594. The third kappa shape index (κ3) is 1.62. The normalized spacial score (nSPS) is 32.4. The van der Waals surface area contributed by atoms with Crippen LogP contribution in [0.25, 0.3) is 0 Å². The Labute approximate surface area is 96.0 Å². The summed E-state index contributed by atoms with van der Waals surface area (Å²) in [6.07, 6.45) is 5.69. The predicted octanol–water partition coefficient (Wildman–Crippen LogP) is 2.86. The molecule has 1 saturated carbocycles. The summed E-state index contributed by atoms with van der Waals surface area (Å²) in [6.45, 7) is 7.95. The quantitative estimate of drug-likeness (QED) is 0.417. The molecule has 0 bridgehead atoms. The van der Waals surface area contributed by atoms with Crippen LogP contribution >= 0.6 is 0 Å². The molecule has 0 aromatic rings. The molecule has 1 aliphatic carbocycles. The topological polar surface area (TPSA) is 43.2 Å². The molecule has 0 saturated heterocycles. The molecule has 4 nitrogen and oxygen atoms in total. The minimum Gasteiger partial charge on any atom is -0.380 e. The van der Waals surface area contributed by atoms with Crippen molar-refractivity contribution in [1.82, 2.24) is 0 Å². The molecule has 0 aromatic carbocycles. The summed E-state index contributed by atoms with van der Waals surface area (Å²) in [5.74, 6) is 0.900. The fraction of sp³-hybridized carbons (Fsp3) is 0.667. The van der Waals surface area contributed by atoms with E-state index in [0.29, 0.717) is 11.7 Å². The van der Waals surface area contributed by atoms with Gasteiger partial charge in [0, 0.05) is 6.21 Å². The van der Waals surface area contributed by atoms with Gasteiger partial charge < -0.3 is 9.68 Å². The van der Waals surface area contributed by atoms with Crippen LogP contribution in [0.4, 0.5) is 0 Å². The van der Waals surface area contributed by atoms with Crippen molar-refractivity contribution in [2.75, 3.05) is 0 Å². The van der Waals surface area contributed by atoms with Crippen LogP contribution in [-0.4, -0.2) is 17.5 Å². The van der Waals surface area contributed by atoms with Crippen molar-refractivity contribution < 1.29 is 9.68 Å². The van der Waals surface area contributed by atoms with Crippen LogP contribution in [0.15, 0.2) is 22.6 Å². The fourth-order valence-corrected chi connectivity index (χ4v) is 2.49. The maximum Gasteiger partial charge on any atom is 0.204 e. The minimum atomic E-state index is -0.449. The summed E-state index contributed by atoms with van der Waals surface area (Å²) in [6, 6.07) is 0. The molecule has 2 atom stereocenters. The van der Waals surface area contributed by atoms with Crippen molar-refractivity contribution in [2.45, 2.75) is 45.1 Å². The summed E-state index contributed by atoms with van der Waals surface area (Å²) in [5, 5.41) is 7.93. The number of fused-ring (bicyclic) bond motifs is 1. The summed E-state index contributed by atoms with van der Waals surface area (Å²) in [4.78, 5) is 10.9. The largest absolute Gasteiger partial charge is 0.380 e. The minimum absolute atomic E-state index is 0.317. The smallest absolute Gasteiger partial charge is 0.204 e. The highest BCUT2D eigenvalue weighted by Gasteiger charge is 2.54. The van der Waals surface area contributed by atoms with E-state index in [1.165, 1.54) is 0 Å². The number of rotatable bonds is 4. The van der Waals surface area contributed by atoms with Crippen LogP contribution < -0.4 is 0 Å². The van der Waals surface area contributed by atoms with Crippen LogP contribution in [0.1, 0.15) is 39.5 Å². The fourth-order valence-electron chi connectivity index (χ4n) is 2.49. The number of hydrogen-bond acceptors (Lipinski definition) is 4. The van der Waals surface area contributed by atoms with Gasteiger partial charge in [-0.3, -0.25) is 0 Å². The van der Waals surface area contributed by atoms with E-state index in [1.54, 1.807) is 6.21 Å². The van der Waals surface area contributed by atoms with E-state index in [4.69, 9.17) is 9.68 Å². The highest BCUT2D eigenvalue weighted by molar-refractivity contribution is 5.87. The molecule has 0 spiro atoms. The first-order valence-electron chi connectivity index (χ1n) is 5.81. The Bertz CT molecular complexity index is 349. The second-order valence-corrected chi connectivity index (χ2v) is 4.37. The van der Waals surface area contributed by atoms with E-state index in [9.17, 15) is 0 Å². The maximum atomic E-state index is 5.56. The van der Waals surface area contributed by atoms with Crippen LogP contribution in [-0.2, 0) is 9.68 Å². The van der Waals surface area contributed by atoms with Crippen molar-refractivity contribution >= 4 is 11.9 Å². The summed E-state index contributed by atoms with van der Waals surface area (Å²) in [7, 11) is 0. The Morgan fingerprint density at radius 3 is 3.38 bits per heavy atom. The number of oxime groups is 2. The zero-order valence-electron chi connectivity index (χ0n) is 9.90.